The minimum absolute atomic E-state index is 0.0758. The molecule has 0 aliphatic carbocycles. The average molecular weight is 284 g/mol. The second kappa shape index (κ2) is 5.89. The Morgan fingerprint density at radius 1 is 1.40 bits per heavy atom. The number of ether oxygens (including phenoxy) is 1. The highest BCUT2D eigenvalue weighted by Crippen LogP contribution is 2.24. The molecule has 0 aromatic carbocycles. The lowest BCUT2D eigenvalue weighted by Gasteiger charge is -2.45. The third kappa shape index (κ3) is 3.44. The van der Waals surface area contributed by atoms with Crippen LogP contribution in [0.25, 0.3) is 0 Å². The summed E-state index contributed by atoms with van der Waals surface area (Å²) in [5, 5.41) is 11.9. The smallest absolute Gasteiger partial charge is 0.0885 e. The van der Waals surface area contributed by atoms with Crippen LogP contribution < -0.4 is 11.6 Å². The highest BCUT2D eigenvalue weighted by atomic mass is 16.5. The molecule has 0 spiro atoms. The van der Waals surface area contributed by atoms with Gasteiger partial charge in [0, 0.05) is 30.4 Å². The van der Waals surface area contributed by atoms with Gasteiger partial charge in [-0.2, -0.15) is 0 Å². The predicted molar refractivity (Wildman–Crippen MR) is 78.3 cm³/mol. The molecule has 0 amide bonds. The fourth-order valence-corrected chi connectivity index (χ4v) is 2.51. The molecule has 2 aliphatic heterocycles. The Kier molecular flexibility index (Phi) is 4.59. The maximum absolute atomic E-state index is 10.3. The van der Waals surface area contributed by atoms with E-state index in [2.05, 4.69) is 4.90 Å². The molecule has 2 rings (SSSR count). The van der Waals surface area contributed by atoms with Gasteiger partial charge in [0.2, 0.25) is 0 Å². The van der Waals surface area contributed by atoms with E-state index in [9.17, 15) is 5.11 Å². The zero-order valence-electron chi connectivity index (χ0n) is 12.7. The number of allylic oxidation sites excluding steroid dienone is 1. The molecule has 2 heterocycles. The van der Waals surface area contributed by atoms with Crippen LogP contribution in [0.1, 0.15) is 27.2 Å². The van der Waals surface area contributed by atoms with Crippen molar-refractivity contribution in [2.24, 2.45) is 17.0 Å². The maximum Gasteiger partial charge on any atom is 0.0885 e. The minimum Gasteiger partial charge on any atom is -0.400 e. The van der Waals surface area contributed by atoms with Crippen molar-refractivity contribution < 1.29 is 9.84 Å². The van der Waals surface area contributed by atoms with Gasteiger partial charge in [0.15, 0.2) is 0 Å². The van der Waals surface area contributed by atoms with Gasteiger partial charge >= 0.3 is 0 Å². The SMILES string of the molecule is CC(C)(C)/C(N)=C/N(N)[C@@H]1CCN(C2COC2)C[C@H]1O. The number of nitrogens with two attached hydrogens (primary N) is 2. The molecule has 2 atom stereocenters. The zero-order valence-corrected chi connectivity index (χ0v) is 12.7. The first kappa shape index (κ1) is 15.6. The van der Waals surface area contributed by atoms with Gasteiger partial charge in [0.25, 0.3) is 0 Å². The first-order valence-electron chi connectivity index (χ1n) is 7.29. The number of aliphatic hydroxyl groups excluding tert-OH is 1. The summed E-state index contributed by atoms with van der Waals surface area (Å²) in [6.45, 7) is 9.27. The van der Waals surface area contributed by atoms with E-state index in [1.54, 1.807) is 11.2 Å². The Morgan fingerprint density at radius 2 is 2.05 bits per heavy atom. The second-order valence-corrected chi connectivity index (χ2v) is 6.89. The monoisotopic (exact) mass is 284 g/mol. The summed E-state index contributed by atoms with van der Waals surface area (Å²) < 4.78 is 5.20. The van der Waals surface area contributed by atoms with E-state index in [0.29, 0.717) is 12.6 Å². The van der Waals surface area contributed by atoms with Gasteiger partial charge in [-0.25, -0.2) is 5.84 Å². The highest BCUT2D eigenvalue weighted by Gasteiger charge is 2.35. The lowest BCUT2D eigenvalue weighted by Crippen LogP contribution is -2.60. The van der Waals surface area contributed by atoms with Crippen LogP contribution in [-0.2, 0) is 4.74 Å². The third-order valence-electron chi connectivity index (χ3n) is 4.25. The van der Waals surface area contributed by atoms with Gasteiger partial charge < -0.3 is 20.6 Å². The van der Waals surface area contributed by atoms with Crippen LogP contribution in [0, 0.1) is 5.41 Å². The molecule has 116 valence electrons. The van der Waals surface area contributed by atoms with Crippen molar-refractivity contribution in [1.29, 1.82) is 0 Å². The molecule has 6 nitrogen and oxygen atoms in total. The maximum atomic E-state index is 10.3. The molecule has 0 bridgehead atoms. The van der Waals surface area contributed by atoms with Crippen LogP contribution in [-0.4, -0.2) is 59.5 Å². The van der Waals surface area contributed by atoms with Gasteiger partial charge in [0.05, 0.1) is 31.4 Å². The van der Waals surface area contributed by atoms with Crippen molar-refractivity contribution >= 4 is 0 Å². The van der Waals surface area contributed by atoms with Gasteiger partial charge in [-0.1, -0.05) is 20.8 Å². The first-order valence-corrected chi connectivity index (χ1v) is 7.29. The summed E-state index contributed by atoms with van der Waals surface area (Å²) in [4.78, 5) is 2.29. The lowest BCUT2D eigenvalue weighted by atomic mass is 9.92. The summed E-state index contributed by atoms with van der Waals surface area (Å²) in [6.07, 6.45) is 2.14. The number of likely N-dealkylation sites (tertiary alicyclic amines) is 1. The van der Waals surface area contributed by atoms with Crippen molar-refractivity contribution in [3.63, 3.8) is 0 Å². The molecule has 0 saturated carbocycles. The van der Waals surface area contributed by atoms with Crippen LogP contribution in [0.2, 0.25) is 0 Å². The summed E-state index contributed by atoms with van der Waals surface area (Å²) in [7, 11) is 0. The number of rotatable bonds is 3. The number of piperidine rings is 1. The van der Waals surface area contributed by atoms with E-state index in [1.807, 2.05) is 20.8 Å². The van der Waals surface area contributed by atoms with Gasteiger partial charge in [-0.3, -0.25) is 4.90 Å². The Balaban J connectivity index is 1.93. The van der Waals surface area contributed by atoms with Crippen LogP contribution >= 0.6 is 0 Å². The number of hydrogen-bond acceptors (Lipinski definition) is 6. The molecule has 2 aliphatic rings. The van der Waals surface area contributed by atoms with Crippen molar-refractivity contribution in [1.82, 2.24) is 9.91 Å². The largest absolute Gasteiger partial charge is 0.400 e. The van der Waals surface area contributed by atoms with E-state index < -0.39 is 6.10 Å². The quantitative estimate of drug-likeness (QED) is 0.493. The molecule has 20 heavy (non-hydrogen) atoms. The Labute approximate surface area is 121 Å². The minimum atomic E-state index is -0.460. The topological polar surface area (TPSA) is 88.0 Å². The van der Waals surface area contributed by atoms with Gasteiger partial charge in [-0.05, 0) is 6.42 Å². The van der Waals surface area contributed by atoms with E-state index in [1.165, 1.54) is 0 Å². The third-order valence-corrected chi connectivity index (χ3v) is 4.25. The number of hydrazine groups is 1. The van der Waals surface area contributed by atoms with Crippen molar-refractivity contribution in [3.8, 4) is 0 Å². The van der Waals surface area contributed by atoms with E-state index in [0.717, 1.165) is 31.9 Å². The summed E-state index contributed by atoms with van der Waals surface area (Å²) in [5.41, 5.74) is 6.65. The fraction of sp³-hybridized carbons (Fsp3) is 0.857. The first-order chi connectivity index (χ1) is 9.29. The number of β-amino-alcohol motifs (C(OH)–C–C–N with tert-alkyl or cyclic N) is 1. The Hall–Kier alpha value is -0.820. The Bertz CT molecular complexity index is 363. The predicted octanol–water partition coefficient (Wildman–Crippen LogP) is -0.158. The summed E-state index contributed by atoms with van der Waals surface area (Å²) in [6, 6.07) is 0.389. The lowest BCUT2D eigenvalue weighted by molar-refractivity contribution is -0.0980. The summed E-state index contributed by atoms with van der Waals surface area (Å²) >= 11 is 0. The molecule has 2 saturated heterocycles. The van der Waals surface area contributed by atoms with Crippen LogP contribution in [0.15, 0.2) is 11.9 Å². The molecule has 6 heteroatoms. The molecule has 0 aromatic heterocycles. The highest BCUT2D eigenvalue weighted by molar-refractivity contribution is 5.06. The molecular weight excluding hydrogens is 256 g/mol. The normalized spacial score (nSPS) is 30.1. The molecule has 0 radical (unpaired) electrons. The number of nitrogens with zero attached hydrogens (tertiary/aromatic N) is 2. The average Bonchev–Trinajstić information content (AvgIpc) is 2.25. The molecule has 5 N–H and O–H groups in total. The standard InChI is InChI=1S/C14H28N4O2/c1-14(2,3)13(15)7-18(16)11-4-5-17(6-12(11)19)10-8-20-9-10/h7,10-12,19H,4-6,8-9,15-16H2,1-3H3/b13-7-/t11-,12-/m1/s1. The molecular formula is C14H28N4O2. The van der Waals surface area contributed by atoms with E-state index in [4.69, 9.17) is 16.3 Å². The van der Waals surface area contributed by atoms with E-state index in [-0.39, 0.29) is 11.5 Å². The van der Waals surface area contributed by atoms with Crippen LogP contribution in [0.5, 0.6) is 0 Å². The van der Waals surface area contributed by atoms with E-state index >= 15 is 0 Å². The van der Waals surface area contributed by atoms with Gasteiger partial charge in [0.1, 0.15) is 0 Å². The van der Waals surface area contributed by atoms with Crippen molar-refractivity contribution in [2.75, 3.05) is 26.3 Å². The number of aliphatic hydroxyl groups is 1. The molecule has 2 fully saturated rings. The second-order valence-electron chi connectivity index (χ2n) is 6.89. The summed E-state index contributed by atoms with van der Waals surface area (Å²) in [5.74, 6) is 6.08. The van der Waals surface area contributed by atoms with Crippen LogP contribution in [0.4, 0.5) is 0 Å². The molecule has 0 aromatic rings. The Morgan fingerprint density at radius 3 is 2.50 bits per heavy atom. The number of hydrogen-bond donors (Lipinski definition) is 3. The van der Waals surface area contributed by atoms with Gasteiger partial charge in [-0.15, -0.1) is 0 Å². The van der Waals surface area contributed by atoms with Crippen LogP contribution in [0.3, 0.4) is 0 Å². The van der Waals surface area contributed by atoms with Crippen molar-refractivity contribution in [3.05, 3.63) is 11.9 Å². The molecule has 0 unspecified atom stereocenters. The zero-order chi connectivity index (χ0) is 14.9. The fourth-order valence-electron chi connectivity index (χ4n) is 2.51. The van der Waals surface area contributed by atoms with Crippen molar-refractivity contribution in [2.45, 2.75) is 45.4 Å².